The van der Waals surface area contributed by atoms with Crippen LogP contribution in [0, 0.1) is 5.92 Å². The minimum absolute atomic E-state index is 0.00236. The number of rotatable bonds is 4. The molecule has 2 fully saturated rings. The Morgan fingerprint density at radius 1 is 1.55 bits per heavy atom. The number of amides is 2. The van der Waals surface area contributed by atoms with Gasteiger partial charge >= 0.3 is 12.0 Å². The van der Waals surface area contributed by atoms with E-state index in [0.717, 1.165) is 19.4 Å². The Hall–Kier alpha value is -0.950. The summed E-state index contributed by atoms with van der Waals surface area (Å²) < 4.78 is 5.32. The van der Waals surface area contributed by atoms with Gasteiger partial charge in [-0.2, -0.15) is 0 Å². The molecule has 0 aromatic carbocycles. The van der Waals surface area contributed by atoms with Crippen LogP contribution in [0.25, 0.3) is 0 Å². The Balaban J connectivity index is 1.99. The van der Waals surface area contributed by atoms with Gasteiger partial charge in [-0.1, -0.05) is 6.92 Å². The van der Waals surface area contributed by atoms with Gasteiger partial charge in [0.15, 0.2) is 0 Å². The maximum Gasteiger partial charge on any atom is 0.327 e. The molecule has 2 aliphatic heterocycles. The van der Waals surface area contributed by atoms with Gasteiger partial charge in [-0.15, -0.1) is 11.8 Å². The molecule has 0 aliphatic carbocycles. The molecule has 2 aliphatic rings. The summed E-state index contributed by atoms with van der Waals surface area (Å²) in [6.07, 6.45) is 1.69. The third-order valence-electron chi connectivity index (χ3n) is 3.98. The van der Waals surface area contributed by atoms with Gasteiger partial charge in [-0.05, 0) is 19.8 Å². The van der Waals surface area contributed by atoms with Crippen molar-refractivity contribution in [2.75, 3.05) is 19.0 Å². The molecule has 0 spiro atoms. The molecular weight excluding hydrogens is 280 g/mol. The summed E-state index contributed by atoms with van der Waals surface area (Å²) in [5, 5.41) is 12.1. The third-order valence-corrected chi connectivity index (χ3v) is 5.44. The lowest BCUT2D eigenvalue weighted by molar-refractivity contribution is -0.141. The van der Waals surface area contributed by atoms with Gasteiger partial charge in [0.1, 0.15) is 6.04 Å². The highest BCUT2D eigenvalue weighted by molar-refractivity contribution is 8.00. The van der Waals surface area contributed by atoms with Gasteiger partial charge in [0.05, 0.1) is 12.0 Å². The molecule has 0 saturated carbocycles. The van der Waals surface area contributed by atoms with E-state index in [-0.39, 0.29) is 17.4 Å². The lowest BCUT2D eigenvalue weighted by Gasteiger charge is -2.29. The number of ether oxygens (including phenoxy) is 1. The van der Waals surface area contributed by atoms with E-state index in [4.69, 9.17) is 4.74 Å². The van der Waals surface area contributed by atoms with Crippen molar-refractivity contribution in [3.05, 3.63) is 0 Å². The van der Waals surface area contributed by atoms with Crippen LogP contribution in [-0.4, -0.2) is 58.4 Å². The van der Waals surface area contributed by atoms with E-state index in [2.05, 4.69) is 5.32 Å². The number of carboxylic acids is 1. The first-order valence-corrected chi connectivity index (χ1v) is 8.10. The van der Waals surface area contributed by atoms with Crippen molar-refractivity contribution < 1.29 is 19.4 Å². The Bertz CT molecular complexity index is 373. The van der Waals surface area contributed by atoms with Gasteiger partial charge < -0.3 is 15.2 Å². The van der Waals surface area contributed by atoms with Gasteiger partial charge in [-0.25, -0.2) is 9.59 Å². The van der Waals surface area contributed by atoms with Crippen LogP contribution in [0.5, 0.6) is 0 Å². The van der Waals surface area contributed by atoms with Crippen molar-refractivity contribution in [2.45, 2.75) is 44.1 Å². The number of aliphatic carboxylic acids is 1. The van der Waals surface area contributed by atoms with Crippen LogP contribution in [0.4, 0.5) is 4.79 Å². The summed E-state index contributed by atoms with van der Waals surface area (Å²) in [6, 6.07) is -0.992. The molecule has 0 aromatic heterocycles. The van der Waals surface area contributed by atoms with Crippen molar-refractivity contribution >= 4 is 23.8 Å². The monoisotopic (exact) mass is 302 g/mol. The van der Waals surface area contributed by atoms with E-state index in [9.17, 15) is 14.7 Å². The molecule has 2 heterocycles. The minimum atomic E-state index is -0.930. The number of nitrogens with one attached hydrogen (secondary N) is 1. The molecule has 7 heteroatoms. The summed E-state index contributed by atoms with van der Waals surface area (Å²) in [4.78, 5) is 25.1. The maximum atomic E-state index is 12.4. The maximum absolute atomic E-state index is 12.4. The average Bonchev–Trinajstić information content (AvgIpc) is 3.07. The van der Waals surface area contributed by atoms with E-state index in [1.165, 1.54) is 16.7 Å². The molecule has 2 rings (SSSR count). The SMILES string of the molecule is CCC1SCC(C(=O)O)N1C(=O)NC(C)C1CCOC1. The number of urea groups is 1. The topological polar surface area (TPSA) is 78.9 Å². The van der Waals surface area contributed by atoms with E-state index in [0.29, 0.717) is 18.3 Å². The first-order chi connectivity index (χ1) is 9.54. The number of carbonyl (C=O) groups is 2. The number of thioether (sulfide) groups is 1. The van der Waals surface area contributed by atoms with Crippen molar-refractivity contribution in [1.82, 2.24) is 10.2 Å². The quantitative estimate of drug-likeness (QED) is 0.820. The molecule has 114 valence electrons. The second kappa shape index (κ2) is 6.67. The largest absolute Gasteiger partial charge is 0.480 e. The Morgan fingerprint density at radius 2 is 2.30 bits per heavy atom. The van der Waals surface area contributed by atoms with E-state index in [1.807, 2.05) is 13.8 Å². The second-order valence-electron chi connectivity index (χ2n) is 5.32. The highest BCUT2D eigenvalue weighted by atomic mass is 32.2. The van der Waals surface area contributed by atoms with Crippen LogP contribution in [0.15, 0.2) is 0 Å². The molecule has 4 atom stereocenters. The standard InChI is InChI=1S/C13H22N2O4S/c1-3-11-15(10(7-20-11)12(16)17)13(18)14-8(2)9-4-5-19-6-9/h8-11H,3-7H2,1-2H3,(H,14,18)(H,16,17). The predicted octanol–water partition coefficient (Wildman–Crippen LogP) is 1.36. The van der Waals surface area contributed by atoms with Crippen LogP contribution in [0.2, 0.25) is 0 Å². The average molecular weight is 302 g/mol. The number of carboxylic acid groups (broad SMARTS) is 1. The molecule has 2 saturated heterocycles. The van der Waals surface area contributed by atoms with Gasteiger partial charge in [0.25, 0.3) is 0 Å². The van der Waals surface area contributed by atoms with Crippen molar-refractivity contribution in [3.63, 3.8) is 0 Å². The zero-order chi connectivity index (χ0) is 14.7. The van der Waals surface area contributed by atoms with Gasteiger partial charge in [0, 0.05) is 24.3 Å². The van der Waals surface area contributed by atoms with Crippen LogP contribution in [0.3, 0.4) is 0 Å². The lowest BCUT2D eigenvalue weighted by Crippen LogP contribution is -2.53. The number of hydrogen-bond acceptors (Lipinski definition) is 4. The first-order valence-electron chi connectivity index (χ1n) is 7.05. The third kappa shape index (κ3) is 3.20. The van der Waals surface area contributed by atoms with Crippen LogP contribution in [0.1, 0.15) is 26.7 Å². The zero-order valence-electron chi connectivity index (χ0n) is 11.9. The Kier molecular flexibility index (Phi) is 5.15. The number of nitrogens with zero attached hydrogens (tertiary/aromatic N) is 1. The summed E-state index contributed by atoms with van der Waals surface area (Å²) in [5.41, 5.74) is 0. The zero-order valence-corrected chi connectivity index (χ0v) is 12.7. The number of hydrogen-bond donors (Lipinski definition) is 2. The summed E-state index contributed by atoms with van der Waals surface area (Å²) in [7, 11) is 0. The predicted molar refractivity (Wildman–Crippen MR) is 76.7 cm³/mol. The summed E-state index contributed by atoms with van der Waals surface area (Å²) in [6.45, 7) is 5.32. The summed E-state index contributed by atoms with van der Waals surface area (Å²) in [5.74, 6) is -0.152. The molecular formula is C13H22N2O4S. The van der Waals surface area contributed by atoms with Crippen molar-refractivity contribution in [3.8, 4) is 0 Å². The Morgan fingerprint density at radius 3 is 2.85 bits per heavy atom. The Labute approximate surface area is 123 Å². The smallest absolute Gasteiger partial charge is 0.327 e. The molecule has 20 heavy (non-hydrogen) atoms. The molecule has 6 nitrogen and oxygen atoms in total. The van der Waals surface area contributed by atoms with Gasteiger partial charge in [-0.3, -0.25) is 4.90 Å². The van der Waals surface area contributed by atoms with Crippen LogP contribution in [-0.2, 0) is 9.53 Å². The first kappa shape index (κ1) is 15.4. The fourth-order valence-corrected chi connectivity index (χ4v) is 4.02. The fraction of sp³-hybridized carbons (Fsp3) is 0.846. The van der Waals surface area contributed by atoms with Crippen LogP contribution >= 0.6 is 11.8 Å². The molecule has 0 bridgehead atoms. The fourth-order valence-electron chi connectivity index (χ4n) is 2.67. The molecule has 0 radical (unpaired) electrons. The molecule has 2 amide bonds. The highest BCUT2D eigenvalue weighted by Crippen LogP contribution is 2.31. The van der Waals surface area contributed by atoms with Crippen molar-refractivity contribution in [2.24, 2.45) is 5.92 Å². The highest BCUT2D eigenvalue weighted by Gasteiger charge is 2.41. The van der Waals surface area contributed by atoms with E-state index in [1.54, 1.807) is 0 Å². The summed E-state index contributed by atoms with van der Waals surface area (Å²) >= 11 is 1.53. The molecule has 0 aromatic rings. The van der Waals surface area contributed by atoms with Crippen molar-refractivity contribution in [1.29, 1.82) is 0 Å². The number of carbonyl (C=O) groups excluding carboxylic acids is 1. The normalized spacial score (nSPS) is 31.3. The lowest BCUT2D eigenvalue weighted by atomic mass is 10.0. The second-order valence-corrected chi connectivity index (χ2v) is 6.53. The minimum Gasteiger partial charge on any atom is -0.480 e. The van der Waals surface area contributed by atoms with E-state index >= 15 is 0 Å². The van der Waals surface area contributed by atoms with Crippen LogP contribution < -0.4 is 5.32 Å². The van der Waals surface area contributed by atoms with Gasteiger partial charge in [0.2, 0.25) is 0 Å². The molecule has 2 N–H and O–H groups in total. The molecule has 4 unspecified atom stereocenters. The van der Waals surface area contributed by atoms with E-state index < -0.39 is 12.0 Å².